The van der Waals surface area contributed by atoms with Crippen LogP contribution in [0.4, 0.5) is 0 Å². The molecule has 1 atom stereocenters. The number of aliphatic hydroxyl groups is 1. The molecular formula is C12H16ClNO5S2. The molecule has 0 saturated carbocycles. The molecule has 1 saturated heterocycles. The molecule has 0 radical (unpaired) electrons. The number of sulfone groups is 1. The van der Waals surface area contributed by atoms with E-state index >= 15 is 0 Å². The molecule has 21 heavy (non-hydrogen) atoms. The Hall–Kier alpha value is -0.670. The number of aliphatic hydroxyl groups excluding tert-OH is 1. The van der Waals surface area contributed by atoms with Crippen LogP contribution in [0.5, 0.6) is 0 Å². The highest BCUT2D eigenvalue weighted by molar-refractivity contribution is 7.92. The summed E-state index contributed by atoms with van der Waals surface area (Å²) in [6.45, 7) is 1.19. The van der Waals surface area contributed by atoms with Crippen LogP contribution < -0.4 is 4.72 Å². The van der Waals surface area contributed by atoms with Gasteiger partial charge < -0.3 is 5.11 Å². The molecule has 0 aliphatic carbocycles. The second-order valence-corrected chi connectivity index (χ2v) is 9.69. The van der Waals surface area contributed by atoms with Gasteiger partial charge in [-0.15, -0.1) is 0 Å². The molecule has 118 valence electrons. The largest absolute Gasteiger partial charge is 0.392 e. The lowest BCUT2D eigenvalue weighted by Crippen LogP contribution is -2.46. The zero-order valence-corrected chi connectivity index (χ0v) is 13.7. The van der Waals surface area contributed by atoms with Crippen LogP contribution in [0.2, 0.25) is 5.02 Å². The molecule has 0 aromatic heterocycles. The molecule has 1 heterocycles. The van der Waals surface area contributed by atoms with Crippen LogP contribution in [-0.4, -0.2) is 39.0 Å². The predicted molar refractivity (Wildman–Crippen MR) is 79.4 cm³/mol. The van der Waals surface area contributed by atoms with E-state index in [2.05, 4.69) is 4.72 Å². The number of halogens is 1. The van der Waals surface area contributed by atoms with Gasteiger partial charge in [-0.1, -0.05) is 11.6 Å². The Morgan fingerprint density at radius 1 is 1.43 bits per heavy atom. The molecular weight excluding hydrogens is 338 g/mol. The maximum absolute atomic E-state index is 12.4. The molecule has 2 N–H and O–H groups in total. The van der Waals surface area contributed by atoms with Gasteiger partial charge in [-0.3, -0.25) is 0 Å². The summed E-state index contributed by atoms with van der Waals surface area (Å²) in [5.74, 6) is -0.256. The predicted octanol–water partition coefficient (Wildman–Crippen LogP) is 0.688. The Morgan fingerprint density at radius 2 is 2.10 bits per heavy atom. The van der Waals surface area contributed by atoms with Crippen molar-refractivity contribution < 1.29 is 21.9 Å². The summed E-state index contributed by atoms with van der Waals surface area (Å²) < 4.78 is 50.2. The lowest BCUT2D eigenvalue weighted by atomic mass is 10.0. The average Bonchev–Trinajstić information content (AvgIpc) is 2.62. The third-order valence-electron chi connectivity index (χ3n) is 3.38. The fourth-order valence-corrected chi connectivity index (χ4v) is 6.16. The zero-order valence-electron chi connectivity index (χ0n) is 11.3. The van der Waals surface area contributed by atoms with Crippen LogP contribution in [-0.2, 0) is 26.5 Å². The van der Waals surface area contributed by atoms with E-state index in [1.54, 1.807) is 6.92 Å². The molecule has 0 amide bonds. The first-order valence-electron chi connectivity index (χ1n) is 6.21. The molecule has 0 bridgehead atoms. The summed E-state index contributed by atoms with van der Waals surface area (Å²) >= 11 is 5.83. The molecule has 9 heteroatoms. The standard InChI is InChI=1S/C12H16ClNO5S2/c1-12(4-5-20(16,17)8-12)14-21(18,19)10-2-3-11(13)9(6-10)7-15/h2-3,6,14-15H,4-5,7-8H2,1H3. The lowest BCUT2D eigenvalue weighted by Gasteiger charge is -2.23. The first kappa shape index (κ1) is 16.7. The molecule has 1 aliphatic rings. The minimum absolute atomic E-state index is 0.0332. The molecule has 1 fully saturated rings. The fraction of sp³-hybridized carbons (Fsp3) is 0.500. The normalized spacial score (nSPS) is 25.1. The second-order valence-electron chi connectivity index (χ2n) is 5.42. The van der Waals surface area contributed by atoms with Gasteiger partial charge in [0.25, 0.3) is 0 Å². The number of rotatable bonds is 4. The zero-order chi connectivity index (χ0) is 15.9. The van der Waals surface area contributed by atoms with Crippen molar-refractivity contribution in [1.82, 2.24) is 4.72 Å². The van der Waals surface area contributed by atoms with Gasteiger partial charge in [0.15, 0.2) is 9.84 Å². The number of nitrogens with one attached hydrogen (secondary N) is 1. The summed E-state index contributed by atoms with van der Waals surface area (Å²) in [6, 6.07) is 3.98. The van der Waals surface area contributed by atoms with Crippen molar-refractivity contribution in [2.45, 2.75) is 30.4 Å². The summed E-state index contributed by atoms with van der Waals surface area (Å²) in [5.41, 5.74) is -0.722. The number of hydrogen-bond acceptors (Lipinski definition) is 5. The molecule has 0 spiro atoms. The minimum Gasteiger partial charge on any atom is -0.392 e. The van der Waals surface area contributed by atoms with E-state index in [1.165, 1.54) is 18.2 Å². The van der Waals surface area contributed by atoms with Crippen LogP contribution in [0, 0.1) is 0 Å². The van der Waals surface area contributed by atoms with Crippen molar-refractivity contribution in [3.8, 4) is 0 Å². The number of hydrogen-bond donors (Lipinski definition) is 2. The summed E-state index contributed by atoms with van der Waals surface area (Å²) in [5, 5.41) is 9.40. The van der Waals surface area contributed by atoms with Crippen molar-refractivity contribution in [2.75, 3.05) is 11.5 Å². The first-order valence-corrected chi connectivity index (χ1v) is 9.89. The summed E-state index contributed by atoms with van der Waals surface area (Å²) in [7, 11) is -7.10. The highest BCUT2D eigenvalue weighted by atomic mass is 35.5. The SMILES string of the molecule is CC1(NS(=O)(=O)c2ccc(Cl)c(CO)c2)CCS(=O)(=O)C1. The highest BCUT2D eigenvalue weighted by Crippen LogP contribution is 2.26. The highest BCUT2D eigenvalue weighted by Gasteiger charge is 2.41. The van der Waals surface area contributed by atoms with Gasteiger partial charge in [0.05, 0.1) is 23.0 Å². The molecule has 1 aromatic rings. The van der Waals surface area contributed by atoms with Gasteiger partial charge in [0, 0.05) is 10.6 Å². The van der Waals surface area contributed by atoms with Crippen LogP contribution in [0.1, 0.15) is 18.9 Å². The van der Waals surface area contributed by atoms with E-state index in [4.69, 9.17) is 16.7 Å². The van der Waals surface area contributed by atoms with E-state index in [-0.39, 0.29) is 34.5 Å². The van der Waals surface area contributed by atoms with Crippen LogP contribution in [0.3, 0.4) is 0 Å². The van der Waals surface area contributed by atoms with Gasteiger partial charge >= 0.3 is 0 Å². The average molecular weight is 354 g/mol. The van der Waals surface area contributed by atoms with E-state index < -0.39 is 25.4 Å². The maximum Gasteiger partial charge on any atom is 0.241 e. The minimum atomic E-state index is -3.89. The molecule has 1 aromatic carbocycles. The van der Waals surface area contributed by atoms with E-state index in [9.17, 15) is 16.8 Å². The second kappa shape index (κ2) is 5.51. The van der Waals surface area contributed by atoms with Crippen molar-refractivity contribution >= 4 is 31.5 Å². The fourth-order valence-electron chi connectivity index (χ4n) is 2.31. The monoisotopic (exact) mass is 353 g/mol. The Morgan fingerprint density at radius 3 is 2.62 bits per heavy atom. The maximum atomic E-state index is 12.4. The topological polar surface area (TPSA) is 101 Å². The third-order valence-corrected chi connectivity index (χ3v) is 7.29. The summed E-state index contributed by atoms with van der Waals surface area (Å²) in [4.78, 5) is -0.0542. The third kappa shape index (κ3) is 3.75. The first-order chi connectivity index (χ1) is 9.57. The van der Waals surface area contributed by atoms with E-state index in [0.29, 0.717) is 5.56 Å². The van der Waals surface area contributed by atoms with Crippen LogP contribution in [0.25, 0.3) is 0 Å². The van der Waals surface area contributed by atoms with E-state index in [0.717, 1.165) is 0 Å². The van der Waals surface area contributed by atoms with Gasteiger partial charge in [-0.2, -0.15) is 0 Å². The van der Waals surface area contributed by atoms with Crippen LogP contribution >= 0.6 is 11.6 Å². The van der Waals surface area contributed by atoms with Crippen molar-refractivity contribution in [3.63, 3.8) is 0 Å². The molecule has 1 unspecified atom stereocenters. The molecule has 1 aliphatic heterocycles. The van der Waals surface area contributed by atoms with Gasteiger partial charge in [-0.05, 0) is 37.1 Å². The van der Waals surface area contributed by atoms with E-state index in [1.807, 2.05) is 0 Å². The quantitative estimate of drug-likeness (QED) is 0.829. The Balaban J connectivity index is 2.31. The van der Waals surface area contributed by atoms with Gasteiger partial charge in [0.1, 0.15) is 0 Å². The smallest absolute Gasteiger partial charge is 0.241 e. The van der Waals surface area contributed by atoms with Crippen LogP contribution in [0.15, 0.2) is 23.1 Å². The van der Waals surface area contributed by atoms with Gasteiger partial charge in [-0.25, -0.2) is 21.6 Å². The Kier molecular flexibility index (Phi) is 4.38. The number of benzene rings is 1. The Bertz CT molecular complexity index is 760. The number of sulfonamides is 1. The van der Waals surface area contributed by atoms with Crippen molar-refractivity contribution in [2.24, 2.45) is 0 Å². The van der Waals surface area contributed by atoms with Crippen molar-refractivity contribution in [1.29, 1.82) is 0 Å². The molecule has 6 nitrogen and oxygen atoms in total. The lowest BCUT2D eigenvalue weighted by molar-refractivity contribution is 0.281. The Labute approximate surface area is 129 Å². The molecule has 2 rings (SSSR count). The van der Waals surface area contributed by atoms with Gasteiger partial charge in [0.2, 0.25) is 10.0 Å². The summed E-state index contributed by atoms with van der Waals surface area (Å²) in [6.07, 6.45) is 0.231. The van der Waals surface area contributed by atoms with Crippen molar-refractivity contribution in [3.05, 3.63) is 28.8 Å².